The highest BCUT2D eigenvalue weighted by molar-refractivity contribution is 8.26. The van der Waals surface area contributed by atoms with Crippen LogP contribution in [0.5, 0.6) is 11.5 Å². The molecule has 2 aliphatic heterocycles. The molecular weight excluding hydrogens is 372 g/mol. The van der Waals surface area contributed by atoms with Crippen molar-refractivity contribution >= 4 is 40.3 Å². The third-order valence-corrected chi connectivity index (χ3v) is 5.71. The van der Waals surface area contributed by atoms with Crippen LogP contribution in [0, 0.1) is 0 Å². The van der Waals surface area contributed by atoms with Gasteiger partial charge in [-0.3, -0.25) is 14.6 Å². The summed E-state index contributed by atoms with van der Waals surface area (Å²) in [6, 6.07) is 5.04. The average molecular weight is 395 g/mol. The van der Waals surface area contributed by atoms with Crippen molar-refractivity contribution in [2.75, 3.05) is 46.5 Å². The molecule has 6 nitrogen and oxygen atoms in total. The number of thiocarbonyl (C=S) groups is 1. The van der Waals surface area contributed by atoms with E-state index < -0.39 is 0 Å². The van der Waals surface area contributed by atoms with Gasteiger partial charge in [-0.05, 0) is 30.2 Å². The first-order valence-electron chi connectivity index (χ1n) is 8.51. The van der Waals surface area contributed by atoms with Gasteiger partial charge in [-0.2, -0.15) is 0 Å². The van der Waals surface area contributed by atoms with Gasteiger partial charge in [0.2, 0.25) is 0 Å². The van der Waals surface area contributed by atoms with E-state index in [1.165, 1.54) is 18.9 Å². The minimum atomic E-state index is -0.0720. The number of thioether (sulfide) groups is 1. The summed E-state index contributed by atoms with van der Waals surface area (Å²) in [5.74, 6) is 0.373. The Morgan fingerprint density at radius 2 is 2.12 bits per heavy atom. The maximum atomic E-state index is 12.6. The summed E-state index contributed by atoms with van der Waals surface area (Å²) in [6.45, 7) is 4.99. The number of carbonyl (C=O) groups excluding carboxylic acids is 1. The first kappa shape index (κ1) is 19.2. The number of morpholine rings is 1. The van der Waals surface area contributed by atoms with Crippen LogP contribution in [0.1, 0.15) is 12.0 Å². The van der Waals surface area contributed by atoms with E-state index in [-0.39, 0.29) is 11.7 Å². The summed E-state index contributed by atoms with van der Waals surface area (Å²) < 4.78 is 11.0. The van der Waals surface area contributed by atoms with Gasteiger partial charge in [0.1, 0.15) is 4.32 Å². The van der Waals surface area contributed by atoms with Crippen molar-refractivity contribution in [3.05, 3.63) is 28.7 Å². The number of rotatable bonds is 6. The maximum absolute atomic E-state index is 12.6. The second-order valence-electron chi connectivity index (χ2n) is 6.07. The highest BCUT2D eigenvalue weighted by Gasteiger charge is 2.31. The van der Waals surface area contributed by atoms with Crippen molar-refractivity contribution in [1.29, 1.82) is 0 Å². The fourth-order valence-corrected chi connectivity index (χ4v) is 4.23. The van der Waals surface area contributed by atoms with E-state index in [2.05, 4.69) is 4.90 Å². The Hall–Kier alpha value is -1.61. The van der Waals surface area contributed by atoms with Crippen molar-refractivity contribution in [3.63, 3.8) is 0 Å². The van der Waals surface area contributed by atoms with Crippen molar-refractivity contribution in [2.24, 2.45) is 0 Å². The van der Waals surface area contributed by atoms with Crippen LogP contribution < -0.4 is 4.74 Å². The first-order chi connectivity index (χ1) is 12.6. The number of amides is 1. The number of carbonyl (C=O) groups is 1. The number of ether oxygens (including phenoxy) is 2. The van der Waals surface area contributed by atoms with Crippen LogP contribution in [0.2, 0.25) is 0 Å². The maximum Gasteiger partial charge on any atom is 0.266 e. The standard InChI is InChI=1S/C18H22N2O4S2/c1-23-15-4-3-13(11-14(15)21)12-16-17(22)20(18(25)26-16)6-2-5-19-7-9-24-10-8-19/h3-4,11-12,21H,2,5-10H2,1H3/b16-12-. The largest absolute Gasteiger partial charge is 0.504 e. The van der Waals surface area contributed by atoms with Crippen LogP contribution in [0.3, 0.4) is 0 Å². The Balaban J connectivity index is 1.60. The van der Waals surface area contributed by atoms with Gasteiger partial charge in [0, 0.05) is 26.2 Å². The van der Waals surface area contributed by atoms with Crippen LogP contribution >= 0.6 is 24.0 Å². The minimum absolute atomic E-state index is 0.0437. The second kappa shape index (κ2) is 8.85. The zero-order valence-corrected chi connectivity index (χ0v) is 16.3. The van der Waals surface area contributed by atoms with E-state index in [4.69, 9.17) is 21.7 Å². The Labute approximate surface area is 162 Å². The summed E-state index contributed by atoms with van der Waals surface area (Å²) >= 11 is 6.67. The molecule has 0 aliphatic carbocycles. The van der Waals surface area contributed by atoms with Gasteiger partial charge in [-0.25, -0.2) is 0 Å². The molecule has 1 amide bonds. The summed E-state index contributed by atoms with van der Waals surface area (Å²) in [4.78, 5) is 17.2. The number of benzene rings is 1. The van der Waals surface area contributed by atoms with Gasteiger partial charge in [0.15, 0.2) is 11.5 Å². The van der Waals surface area contributed by atoms with Gasteiger partial charge >= 0.3 is 0 Å². The van der Waals surface area contributed by atoms with Gasteiger partial charge in [0.05, 0.1) is 25.2 Å². The molecule has 2 saturated heterocycles. The quantitative estimate of drug-likeness (QED) is 0.587. The fraction of sp³-hybridized carbons (Fsp3) is 0.444. The molecule has 0 aromatic heterocycles. The summed E-state index contributed by atoms with van der Waals surface area (Å²) in [5.41, 5.74) is 0.733. The summed E-state index contributed by atoms with van der Waals surface area (Å²) in [6.07, 6.45) is 2.63. The molecule has 2 fully saturated rings. The van der Waals surface area contributed by atoms with Crippen molar-refractivity contribution < 1.29 is 19.4 Å². The van der Waals surface area contributed by atoms with Gasteiger partial charge in [0.25, 0.3) is 5.91 Å². The number of nitrogens with zero attached hydrogens (tertiary/aromatic N) is 2. The lowest BCUT2D eigenvalue weighted by Crippen LogP contribution is -2.38. The summed E-state index contributed by atoms with van der Waals surface area (Å²) in [7, 11) is 1.50. The molecule has 3 rings (SSSR count). The molecule has 2 heterocycles. The zero-order valence-electron chi connectivity index (χ0n) is 14.6. The van der Waals surface area contributed by atoms with E-state index in [1.807, 2.05) is 0 Å². The van der Waals surface area contributed by atoms with Gasteiger partial charge < -0.3 is 14.6 Å². The Bertz CT molecular complexity index is 717. The van der Waals surface area contributed by atoms with Crippen molar-refractivity contribution in [2.45, 2.75) is 6.42 Å². The van der Waals surface area contributed by atoms with Crippen LogP contribution in [0.4, 0.5) is 0 Å². The molecule has 1 aromatic carbocycles. The minimum Gasteiger partial charge on any atom is -0.504 e. The van der Waals surface area contributed by atoms with Crippen molar-refractivity contribution in [3.8, 4) is 11.5 Å². The van der Waals surface area contributed by atoms with E-state index in [9.17, 15) is 9.90 Å². The molecular formula is C18H22N2O4S2. The monoisotopic (exact) mass is 394 g/mol. The zero-order chi connectivity index (χ0) is 18.5. The van der Waals surface area contributed by atoms with Crippen LogP contribution in [-0.2, 0) is 9.53 Å². The molecule has 1 N–H and O–H groups in total. The Morgan fingerprint density at radius 1 is 1.35 bits per heavy atom. The normalized spacial score (nSPS) is 20.2. The molecule has 8 heteroatoms. The first-order valence-corrected chi connectivity index (χ1v) is 9.73. The molecule has 1 aromatic rings. The summed E-state index contributed by atoms with van der Waals surface area (Å²) in [5, 5.41) is 9.88. The highest BCUT2D eigenvalue weighted by Crippen LogP contribution is 2.34. The lowest BCUT2D eigenvalue weighted by molar-refractivity contribution is -0.122. The molecule has 0 bridgehead atoms. The SMILES string of the molecule is COc1ccc(/C=C2\SC(=S)N(CCCN3CCOCC3)C2=O)cc1O. The van der Waals surface area contributed by atoms with Crippen LogP contribution in [-0.4, -0.2) is 71.6 Å². The molecule has 0 atom stereocenters. The Morgan fingerprint density at radius 3 is 2.81 bits per heavy atom. The second-order valence-corrected chi connectivity index (χ2v) is 7.75. The van der Waals surface area contributed by atoms with E-state index in [0.29, 0.717) is 21.5 Å². The molecule has 0 unspecified atom stereocenters. The van der Waals surface area contributed by atoms with Crippen LogP contribution in [0.25, 0.3) is 6.08 Å². The van der Waals surface area contributed by atoms with Gasteiger partial charge in [-0.1, -0.05) is 30.0 Å². The topological polar surface area (TPSA) is 62.2 Å². The Kier molecular flexibility index (Phi) is 6.53. The molecule has 2 aliphatic rings. The van der Waals surface area contributed by atoms with Gasteiger partial charge in [-0.15, -0.1) is 0 Å². The number of hydrogen-bond donors (Lipinski definition) is 1. The average Bonchev–Trinajstić information content (AvgIpc) is 2.90. The number of hydrogen-bond acceptors (Lipinski definition) is 7. The third kappa shape index (κ3) is 4.56. The smallest absolute Gasteiger partial charge is 0.266 e. The lowest BCUT2D eigenvalue weighted by Gasteiger charge is -2.27. The number of methoxy groups -OCH3 is 1. The third-order valence-electron chi connectivity index (χ3n) is 4.33. The molecule has 0 saturated carbocycles. The lowest BCUT2D eigenvalue weighted by atomic mass is 10.2. The number of phenols is 1. The molecule has 26 heavy (non-hydrogen) atoms. The van der Waals surface area contributed by atoms with Crippen LogP contribution in [0.15, 0.2) is 23.1 Å². The number of phenolic OH excluding ortho intramolecular Hbond substituents is 1. The molecule has 0 radical (unpaired) electrons. The van der Waals surface area contributed by atoms with Crippen molar-refractivity contribution in [1.82, 2.24) is 9.80 Å². The molecule has 0 spiro atoms. The van der Waals surface area contributed by atoms with E-state index in [0.717, 1.165) is 44.8 Å². The van der Waals surface area contributed by atoms with E-state index in [1.54, 1.807) is 29.2 Å². The predicted octanol–water partition coefficient (Wildman–Crippen LogP) is 2.32. The fourth-order valence-electron chi connectivity index (χ4n) is 2.92. The van der Waals surface area contributed by atoms with E-state index >= 15 is 0 Å². The predicted molar refractivity (Wildman–Crippen MR) is 106 cm³/mol. The molecule has 140 valence electrons. The number of aromatic hydroxyl groups is 1. The highest BCUT2D eigenvalue weighted by atomic mass is 32.2.